The number of guanidine groups is 1. The van der Waals surface area contributed by atoms with Crippen LogP contribution in [0, 0.1) is 0 Å². The minimum atomic E-state index is 0. The number of hydrogen-bond donors (Lipinski definition) is 2. The van der Waals surface area contributed by atoms with Crippen molar-refractivity contribution < 1.29 is 9.26 Å². The van der Waals surface area contributed by atoms with Gasteiger partial charge in [-0.05, 0) is 18.4 Å². The van der Waals surface area contributed by atoms with Crippen LogP contribution in [0.5, 0.6) is 5.88 Å². The number of nitrogens with zero attached hydrogens (tertiary/aromatic N) is 3. The first-order chi connectivity index (χ1) is 12.7. The fourth-order valence-corrected chi connectivity index (χ4v) is 2.52. The van der Waals surface area contributed by atoms with Crippen molar-refractivity contribution in [1.29, 1.82) is 0 Å². The Morgan fingerprint density at radius 3 is 2.52 bits per heavy atom. The zero-order chi connectivity index (χ0) is 18.8. The lowest BCUT2D eigenvalue weighted by atomic mass is 10.1. The lowest BCUT2D eigenvalue weighted by Gasteiger charge is -2.12. The summed E-state index contributed by atoms with van der Waals surface area (Å²) in [5.41, 5.74) is 3.18. The molecule has 0 aromatic carbocycles. The molecule has 2 aromatic rings. The van der Waals surface area contributed by atoms with Gasteiger partial charge in [-0.3, -0.25) is 4.99 Å². The van der Waals surface area contributed by atoms with Crippen molar-refractivity contribution in [2.75, 3.05) is 13.7 Å². The van der Waals surface area contributed by atoms with Gasteiger partial charge in [0.05, 0.1) is 12.3 Å². The van der Waals surface area contributed by atoms with E-state index in [1.807, 2.05) is 18.3 Å². The number of nitrogens with one attached hydrogen (secondary N) is 2. The topological polar surface area (TPSA) is 84.6 Å². The van der Waals surface area contributed by atoms with E-state index in [1.54, 1.807) is 7.05 Å². The zero-order valence-corrected chi connectivity index (χ0v) is 18.9. The van der Waals surface area contributed by atoms with Gasteiger partial charge in [0.15, 0.2) is 5.96 Å². The number of halogens is 1. The Hall–Kier alpha value is -1.84. The normalized spacial score (nSPS) is 11.0. The minimum Gasteiger partial charge on any atom is -0.478 e. The molecular formula is C19H30IN5O2. The summed E-state index contributed by atoms with van der Waals surface area (Å²) in [4.78, 5) is 8.58. The van der Waals surface area contributed by atoms with Crippen LogP contribution in [-0.2, 0) is 25.9 Å². The second kappa shape index (κ2) is 12.5. The first-order valence-electron chi connectivity index (χ1n) is 9.20. The molecule has 0 bridgehead atoms. The maximum Gasteiger partial charge on any atom is 0.213 e. The third kappa shape index (κ3) is 7.00. The third-order valence-corrected chi connectivity index (χ3v) is 3.97. The van der Waals surface area contributed by atoms with Gasteiger partial charge in [-0.1, -0.05) is 32.0 Å². The molecule has 2 N–H and O–H groups in total. The number of rotatable bonds is 9. The van der Waals surface area contributed by atoms with Crippen LogP contribution in [0.15, 0.2) is 27.8 Å². The van der Waals surface area contributed by atoms with Gasteiger partial charge in [0.2, 0.25) is 5.88 Å². The average Bonchev–Trinajstić information content (AvgIpc) is 3.09. The SMILES string of the molecule is CCCOc1ccc(CNC(=NC)NCc2c(CC)noc2CC)cn1.I. The van der Waals surface area contributed by atoms with Crippen molar-refractivity contribution in [2.45, 2.75) is 53.1 Å². The number of aryl methyl sites for hydroxylation is 2. The minimum absolute atomic E-state index is 0. The lowest BCUT2D eigenvalue weighted by Crippen LogP contribution is -2.36. The lowest BCUT2D eigenvalue weighted by molar-refractivity contribution is 0.305. The molecule has 8 heteroatoms. The summed E-state index contributed by atoms with van der Waals surface area (Å²) in [5, 5.41) is 10.8. The molecule has 0 aliphatic heterocycles. The highest BCUT2D eigenvalue weighted by molar-refractivity contribution is 14.0. The molecule has 0 fully saturated rings. The smallest absolute Gasteiger partial charge is 0.213 e. The molecule has 0 saturated carbocycles. The second-order valence-electron chi connectivity index (χ2n) is 5.87. The molecule has 2 rings (SSSR count). The highest BCUT2D eigenvalue weighted by Gasteiger charge is 2.13. The molecule has 0 atom stereocenters. The Balaban J connectivity index is 0.00000364. The molecule has 0 unspecified atom stereocenters. The van der Waals surface area contributed by atoms with Crippen molar-refractivity contribution in [3.63, 3.8) is 0 Å². The van der Waals surface area contributed by atoms with Crippen LogP contribution in [0.1, 0.15) is 49.8 Å². The fraction of sp³-hybridized carbons (Fsp3) is 0.526. The van der Waals surface area contributed by atoms with E-state index in [9.17, 15) is 0 Å². The summed E-state index contributed by atoms with van der Waals surface area (Å²) in [6.45, 7) is 8.17. The van der Waals surface area contributed by atoms with Crippen LogP contribution in [0.25, 0.3) is 0 Å². The van der Waals surface area contributed by atoms with Crippen molar-refractivity contribution in [2.24, 2.45) is 4.99 Å². The number of pyridine rings is 1. The van der Waals surface area contributed by atoms with Gasteiger partial charge in [-0.15, -0.1) is 24.0 Å². The van der Waals surface area contributed by atoms with Crippen LogP contribution in [0.3, 0.4) is 0 Å². The molecule has 0 aliphatic rings. The Morgan fingerprint density at radius 2 is 1.93 bits per heavy atom. The molecule has 2 heterocycles. The van der Waals surface area contributed by atoms with Gasteiger partial charge in [0.1, 0.15) is 5.76 Å². The molecule has 0 radical (unpaired) electrons. The van der Waals surface area contributed by atoms with E-state index in [2.05, 4.69) is 46.5 Å². The van der Waals surface area contributed by atoms with Gasteiger partial charge in [0, 0.05) is 44.4 Å². The summed E-state index contributed by atoms with van der Waals surface area (Å²) >= 11 is 0. The van der Waals surface area contributed by atoms with Crippen molar-refractivity contribution >= 4 is 29.9 Å². The number of hydrogen-bond acceptors (Lipinski definition) is 5. The van der Waals surface area contributed by atoms with E-state index in [4.69, 9.17) is 9.26 Å². The van der Waals surface area contributed by atoms with Crippen LogP contribution in [-0.4, -0.2) is 29.8 Å². The monoisotopic (exact) mass is 487 g/mol. The highest BCUT2D eigenvalue weighted by atomic mass is 127. The van der Waals surface area contributed by atoms with Crippen molar-refractivity contribution in [3.8, 4) is 5.88 Å². The second-order valence-corrected chi connectivity index (χ2v) is 5.87. The van der Waals surface area contributed by atoms with Crippen molar-refractivity contribution in [3.05, 3.63) is 40.9 Å². The number of ether oxygens (including phenoxy) is 1. The van der Waals surface area contributed by atoms with Gasteiger partial charge < -0.3 is 19.9 Å². The average molecular weight is 487 g/mol. The first-order valence-corrected chi connectivity index (χ1v) is 9.20. The van der Waals surface area contributed by atoms with Gasteiger partial charge in [-0.25, -0.2) is 4.98 Å². The van der Waals surface area contributed by atoms with E-state index in [0.717, 1.165) is 47.8 Å². The molecule has 27 heavy (non-hydrogen) atoms. The maximum atomic E-state index is 5.50. The van der Waals surface area contributed by atoms with E-state index in [-0.39, 0.29) is 24.0 Å². The molecule has 0 aliphatic carbocycles. The molecule has 0 amide bonds. The number of aromatic nitrogens is 2. The summed E-state index contributed by atoms with van der Waals surface area (Å²) in [7, 11) is 1.75. The first kappa shape index (κ1) is 23.2. The fourth-order valence-electron chi connectivity index (χ4n) is 2.52. The Labute approximate surface area is 178 Å². The summed E-state index contributed by atoms with van der Waals surface area (Å²) in [6, 6.07) is 3.89. The summed E-state index contributed by atoms with van der Waals surface area (Å²) in [5.74, 6) is 2.31. The Kier molecular flexibility index (Phi) is 10.8. The predicted octanol–water partition coefficient (Wildman–Crippen LogP) is 3.47. The molecule has 7 nitrogen and oxygen atoms in total. The summed E-state index contributed by atoms with van der Waals surface area (Å²) < 4.78 is 10.9. The van der Waals surface area contributed by atoms with Crippen LogP contribution in [0.2, 0.25) is 0 Å². The zero-order valence-electron chi connectivity index (χ0n) is 16.5. The third-order valence-electron chi connectivity index (χ3n) is 3.97. The highest BCUT2D eigenvalue weighted by Crippen LogP contribution is 2.15. The molecule has 0 saturated heterocycles. The van der Waals surface area contributed by atoms with Gasteiger partial charge >= 0.3 is 0 Å². The molecule has 0 spiro atoms. The van der Waals surface area contributed by atoms with Crippen molar-refractivity contribution in [1.82, 2.24) is 20.8 Å². The van der Waals surface area contributed by atoms with E-state index >= 15 is 0 Å². The van der Waals surface area contributed by atoms with Crippen LogP contribution >= 0.6 is 24.0 Å². The van der Waals surface area contributed by atoms with Crippen LogP contribution < -0.4 is 15.4 Å². The maximum absolute atomic E-state index is 5.50. The predicted molar refractivity (Wildman–Crippen MR) is 118 cm³/mol. The Morgan fingerprint density at radius 1 is 1.15 bits per heavy atom. The van der Waals surface area contributed by atoms with Crippen LogP contribution in [0.4, 0.5) is 0 Å². The molecule has 2 aromatic heterocycles. The molecular weight excluding hydrogens is 457 g/mol. The van der Waals surface area contributed by atoms with Gasteiger partial charge in [-0.2, -0.15) is 0 Å². The summed E-state index contributed by atoms with van der Waals surface area (Å²) in [6.07, 6.45) is 4.47. The van der Waals surface area contributed by atoms with E-state index < -0.39 is 0 Å². The molecule has 150 valence electrons. The standard InChI is InChI=1S/C19H29N5O2.HI/c1-5-10-25-18-9-8-14(11-21-18)12-22-19(20-4)23-13-15-16(6-2)24-26-17(15)7-3;/h8-9,11H,5-7,10,12-13H2,1-4H3,(H2,20,22,23);1H. The number of aliphatic imine (C=N–C) groups is 1. The van der Waals surface area contributed by atoms with Gasteiger partial charge in [0.25, 0.3) is 0 Å². The largest absolute Gasteiger partial charge is 0.478 e. The van der Waals surface area contributed by atoms with E-state index in [1.165, 1.54) is 0 Å². The Bertz CT molecular complexity index is 679. The quantitative estimate of drug-likeness (QED) is 0.320. The van der Waals surface area contributed by atoms with E-state index in [0.29, 0.717) is 25.6 Å².